The number of aliphatic carboxylic acids is 2. The molecule has 2 fully saturated rings. The van der Waals surface area contributed by atoms with Crippen LogP contribution in [0.5, 0.6) is 0 Å². The lowest BCUT2D eigenvalue weighted by Gasteiger charge is -2.28. The minimum absolute atomic E-state index is 0.00343. The Morgan fingerprint density at radius 3 is 2.57 bits per heavy atom. The molecule has 2 heterocycles. The van der Waals surface area contributed by atoms with Gasteiger partial charge in [0, 0.05) is 19.1 Å². The molecule has 1 aromatic carbocycles. The van der Waals surface area contributed by atoms with Gasteiger partial charge in [-0.05, 0) is 44.1 Å². The first-order valence-electron chi connectivity index (χ1n) is 10.6. The summed E-state index contributed by atoms with van der Waals surface area (Å²) < 4.78 is 5.80. The first-order valence-corrected chi connectivity index (χ1v) is 10.6. The molecule has 30 heavy (non-hydrogen) atoms. The Morgan fingerprint density at radius 2 is 1.93 bits per heavy atom. The number of likely N-dealkylation sites (tertiary alicyclic amines) is 1. The highest BCUT2D eigenvalue weighted by molar-refractivity contribution is 5.86. The number of carbonyl (C=O) groups is 3. The summed E-state index contributed by atoms with van der Waals surface area (Å²) in [5.41, 5.74) is 1.03. The predicted octanol–water partition coefficient (Wildman–Crippen LogP) is 1.53. The molecule has 2 aliphatic rings. The maximum absolute atomic E-state index is 12.8. The maximum Gasteiger partial charge on any atom is 0.326 e. The molecule has 1 aromatic rings. The Kier molecular flexibility index (Phi) is 7.81. The Morgan fingerprint density at radius 1 is 1.17 bits per heavy atom. The van der Waals surface area contributed by atoms with Gasteiger partial charge in [-0.2, -0.15) is 0 Å². The molecule has 3 rings (SSSR count). The molecule has 4 atom stereocenters. The van der Waals surface area contributed by atoms with Crippen molar-refractivity contribution in [1.82, 2.24) is 10.2 Å². The number of benzene rings is 1. The number of ether oxygens (including phenoxy) is 1. The SMILES string of the molecule is O=C(O)C(CCc1ccccc1)NCC(=O)N1C[C@H]([C@@H]2CCCCO2)C[C@H]1C(=O)O. The highest BCUT2D eigenvalue weighted by atomic mass is 16.5. The van der Waals surface area contributed by atoms with Crippen molar-refractivity contribution >= 4 is 17.8 Å². The number of carboxylic acids is 2. The molecule has 0 saturated carbocycles. The smallest absolute Gasteiger partial charge is 0.326 e. The zero-order valence-electron chi connectivity index (χ0n) is 17.0. The van der Waals surface area contributed by atoms with E-state index in [1.807, 2.05) is 30.3 Å². The van der Waals surface area contributed by atoms with Crippen molar-refractivity contribution in [2.75, 3.05) is 19.7 Å². The minimum Gasteiger partial charge on any atom is -0.480 e. The van der Waals surface area contributed by atoms with Crippen LogP contribution in [0.3, 0.4) is 0 Å². The third-order valence-corrected chi connectivity index (χ3v) is 6.04. The number of amides is 1. The molecule has 0 bridgehead atoms. The molecule has 2 saturated heterocycles. The summed E-state index contributed by atoms with van der Waals surface area (Å²) in [6.07, 6.45) is 4.23. The van der Waals surface area contributed by atoms with Gasteiger partial charge in [-0.3, -0.25) is 14.9 Å². The Labute approximate surface area is 176 Å². The molecule has 0 aliphatic carbocycles. The summed E-state index contributed by atoms with van der Waals surface area (Å²) in [6.45, 7) is 0.813. The fourth-order valence-corrected chi connectivity index (χ4v) is 4.37. The fraction of sp³-hybridized carbons (Fsp3) is 0.591. The Bertz CT molecular complexity index is 734. The summed E-state index contributed by atoms with van der Waals surface area (Å²) in [7, 11) is 0. The fourth-order valence-electron chi connectivity index (χ4n) is 4.37. The van der Waals surface area contributed by atoms with Gasteiger partial charge in [-0.1, -0.05) is 30.3 Å². The summed E-state index contributed by atoms with van der Waals surface area (Å²) >= 11 is 0. The molecule has 2 aliphatic heterocycles. The van der Waals surface area contributed by atoms with Crippen LogP contribution in [-0.2, 0) is 25.5 Å². The molecule has 0 radical (unpaired) electrons. The Hall–Kier alpha value is -2.45. The van der Waals surface area contributed by atoms with E-state index in [1.165, 1.54) is 4.90 Å². The van der Waals surface area contributed by atoms with Gasteiger partial charge in [-0.25, -0.2) is 4.79 Å². The number of nitrogens with zero attached hydrogens (tertiary/aromatic N) is 1. The molecule has 8 heteroatoms. The number of carbonyl (C=O) groups excluding carboxylic acids is 1. The van der Waals surface area contributed by atoms with E-state index >= 15 is 0 Å². The second-order valence-corrected chi connectivity index (χ2v) is 8.10. The lowest BCUT2D eigenvalue weighted by molar-refractivity contribution is -0.148. The van der Waals surface area contributed by atoms with Crippen molar-refractivity contribution in [2.24, 2.45) is 5.92 Å². The van der Waals surface area contributed by atoms with E-state index in [0.29, 0.717) is 32.4 Å². The average molecular weight is 418 g/mol. The van der Waals surface area contributed by atoms with Crippen molar-refractivity contribution in [3.05, 3.63) is 35.9 Å². The van der Waals surface area contributed by atoms with Crippen LogP contribution in [0.4, 0.5) is 0 Å². The molecule has 0 aromatic heterocycles. The van der Waals surface area contributed by atoms with Gasteiger partial charge < -0.3 is 19.8 Å². The topological polar surface area (TPSA) is 116 Å². The third kappa shape index (κ3) is 5.79. The van der Waals surface area contributed by atoms with Gasteiger partial charge in [0.1, 0.15) is 12.1 Å². The Balaban J connectivity index is 1.55. The van der Waals surface area contributed by atoms with E-state index < -0.39 is 24.0 Å². The zero-order chi connectivity index (χ0) is 21.5. The second-order valence-electron chi connectivity index (χ2n) is 8.10. The number of hydrogen-bond acceptors (Lipinski definition) is 5. The molecular formula is C22H30N2O6. The molecule has 1 amide bonds. The van der Waals surface area contributed by atoms with Crippen molar-refractivity contribution in [1.29, 1.82) is 0 Å². The maximum atomic E-state index is 12.8. The lowest BCUT2D eigenvalue weighted by Crippen LogP contribution is -2.48. The number of aryl methyl sites for hydroxylation is 1. The summed E-state index contributed by atoms with van der Waals surface area (Å²) in [6, 6.07) is 7.79. The largest absolute Gasteiger partial charge is 0.480 e. The molecule has 1 unspecified atom stereocenters. The third-order valence-electron chi connectivity index (χ3n) is 6.04. The quantitative estimate of drug-likeness (QED) is 0.557. The van der Waals surface area contributed by atoms with Gasteiger partial charge in [-0.15, -0.1) is 0 Å². The van der Waals surface area contributed by atoms with Crippen LogP contribution in [0.1, 0.15) is 37.7 Å². The number of rotatable bonds is 9. The van der Waals surface area contributed by atoms with E-state index in [0.717, 1.165) is 24.8 Å². The van der Waals surface area contributed by atoms with E-state index in [9.17, 15) is 24.6 Å². The van der Waals surface area contributed by atoms with Gasteiger partial charge in [0.15, 0.2) is 0 Å². The normalized spacial score (nSPS) is 25.1. The average Bonchev–Trinajstić information content (AvgIpc) is 3.21. The van der Waals surface area contributed by atoms with E-state index in [1.54, 1.807) is 0 Å². The first kappa shape index (κ1) is 22.2. The molecular weight excluding hydrogens is 388 g/mol. The van der Waals surface area contributed by atoms with Gasteiger partial charge in [0.2, 0.25) is 5.91 Å². The van der Waals surface area contributed by atoms with Crippen molar-refractivity contribution in [2.45, 2.75) is 56.7 Å². The molecule has 164 valence electrons. The number of nitrogens with one attached hydrogen (secondary N) is 1. The van der Waals surface area contributed by atoms with Crippen LogP contribution in [0, 0.1) is 5.92 Å². The van der Waals surface area contributed by atoms with Gasteiger partial charge >= 0.3 is 11.9 Å². The van der Waals surface area contributed by atoms with E-state index in [2.05, 4.69) is 5.32 Å². The van der Waals surface area contributed by atoms with Crippen molar-refractivity contribution < 1.29 is 29.3 Å². The second kappa shape index (κ2) is 10.5. The van der Waals surface area contributed by atoms with Gasteiger partial charge in [0.25, 0.3) is 0 Å². The summed E-state index contributed by atoms with van der Waals surface area (Å²) in [5.74, 6) is -2.43. The first-order chi connectivity index (χ1) is 14.5. The van der Waals surface area contributed by atoms with Crippen molar-refractivity contribution in [3.63, 3.8) is 0 Å². The van der Waals surface area contributed by atoms with Crippen molar-refractivity contribution in [3.8, 4) is 0 Å². The summed E-state index contributed by atoms with van der Waals surface area (Å²) in [5, 5.41) is 21.9. The highest BCUT2D eigenvalue weighted by Gasteiger charge is 2.43. The molecule has 3 N–H and O–H groups in total. The van der Waals surface area contributed by atoms with Crippen LogP contribution in [0.15, 0.2) is 30.3 Å². The lowest BCUT2D eigenvalue weighted by atomic mass is 9.93. The van der Waals surface area contributed by atoms with Crippen LogP contribution in [-0.4, -0.2) is 70.8 Å². The predicted molar refractivity (Wildman–Crippen MR) is 109 cm³/mol. The van der Waals surface area contributed by atoms with Crippen LogP contribution < -0.4 is 5.32 Å². The van der Waals surface area contributed by atoms with Crippen LogP contribution in [0.2, 0.25) is 0 Å². The standard InChI is InChI=1S/C22H30N2O6/c25-20(13-23-17(21(26)27)10-9-15-6-2-1-3-7-15)24-14-16(12-18(24)22(28)29)19-8-4-5-11-30-19/h1-3,6-7,16-19,23H,4-5,8-14H2,(H,26,27)(H,28,29)/t16-,17?,18+,19+/m1/s1. The highest BCUT2D eigenvalue weighted by Crippen LogP contribution is 2.31. The van der Waals surface area contributed by atoms with Gasteiger partial charge in [0.05, 0.1) is 12.6 Å². The van der Waals surface area contributed by atoms with Crippen LogP contribution in [0.25, 0.3) is 0 Å². The molecule has 8 nitrogen and oxygen atoms in total. The number of carboxylic acid groups (broad SMARTS) is 2. The minimum atomic E-state index is -1.03. The van der Waals surface area contributed by atoms with E-state index in [4.69, 9.17) is 4.74 Å². The summed E-state index contributed by atoms with van der Waals surface area (Å²) in [4.78, 5) is 37.4. The molecule has 0 spiro atoms. The monoisotopic (exact) mass is 418 g/mol. The zero-order valence-corrected chi connectivity index (χ0v) is 17.0. The van der Waals surface area contributed by atoms with Crippen LogP contribution >= 0.6 is 0 Å². The van der Waals surface area contributed by atoms with E-state index in [-0.39, 0.29) is 24.5 Å². The number of hydrogen-bond donors (Lipinski definition) is 3.